The van der Waals surface area contributed by atoms with Gasteiger partial charge in [-0.1, -0.05) is 91.0 Å². The first-order valence-corrected chi connectivity index (χ1v) is 11.1. The summed E-state index contributed by atoms with van der Waals surface area (Å²) in [6.07, 6.45) is 1.53. The predicted molar refractivity (Wildman–Crippen MR) is 121 cm³/mol. The molecule has 1 N–H and O–H groups in total. The maximum Gasteiger partial charge on any atom is 0.332 e. The molecule has 0 aliphatic heterocycles. The number of carbonyl (C=O) groups excluding carboxylic acids is 1. The van der Waals surface area contributed by atoms with Crippen LogP contribution in [0.5, 0.6) is 0 Å². The number of esters is 1. The van der Waals surface area contributed by atoms with E-state index in [2.05, 4.69) is 4.72 Å². The second kappa shape index (κ2) is 10.7. The van der Waals surface area contributed by atoms with E-state index in [9.17, 15) is 9.35 Å². The summed E-state index contributed by atoms with van der Waals surface area (Å²) in [5.41, 5.74) is 3.22. The molecule has 0 unspecified atom stereocenters. The molecule has 5 nitrogen and oxygen atoms in total. The molecule has 0 bridgehead atoms. The first-order chi connectivity index (χ1) is 14.6. The van der Waals surface area contributed by atoms with Crippen molar-refractivity contribution in [1.82, 2.24) is 4.72 Å². The molecule has 3 aromatic rings. The number of hydrogen-bond acceptors (Lipinski definition) is 5. The average molecular weight is 421 g/mol. The Morgan fingerprint density at radius 2 is 1.37 bits per heavy atom. The average Bonchev–Trinajstić information content (AvgIpc) is 2.80. The fourth-order valence-electron chi connectivity index (χ4n) is 3.18. The molecule has 0 amide bonds. The van der Waals surface area contributed by atoms with E-state index in [1.165, 1.54) is 13.4 Å². The minimum absolute atomic E-state index is 0.508. The van der Waals surface area contributed by atoms with Crippen LogP contribution in [-0.2, 0) is 20.9 Å². The minimum Gasteiger partial charge on any atom is -0.598 e. The van der Waals surface area contributed by atoms with E-state index in [0.29, 0.717) is 5.71 Å². The summed E-state index contributed by atoms with van der Waals surface area (Å²) in [5.74, 6) is -0.508. The van der Waals surface area contributed by atoms with Crippen molar-refractivity contribution in [1.29, 1.82) is 0 Å². The van der Waals surface area contributed by atoms with Crippen LogP contribution in [0.3, 0.4) is 0 Å². The Kier molecular flexibility index (Phi) is 7.79. The van der Waals surface area contributed by atoms with Crippen molar-refractivity contribution in [3.63, 3.8) is 0 Å². The van der Waals surface area contributed by atoms with E-state index in [4.69, 9.17) is 9.73 Å². The van der Waals surface area contributed by atoms with Crippen molar-refractivity contribution in [2.75, 3.05) is 13.4 Å². The van der Waals surface area contributed by atoms with Gasteiger partial charge in [-0.25, -0.2) is 4.79 Å². The molecule has 3 atom stereocenters. The third-order valence-electron chi connectivity index (χ3n) is 4.57. The van der Waals surface area contributed by atoms with Gasteiger partial charge < -0.3 is 9.29 Å². The number of ether oxygens (including phenoxy) is 1. The molecule has 0 spiro atoms. The van der Waals surface area contributed by atoms with Crippen molar-refractivity contribution < 1.29 is 14.1 Å². The third kappa shape index (κ3) is 5.57. The van der Waals surface area contributed by atoms with Crippen LogP contribution in [0.15, 0.2) is 96.0 Å². The lowest BCUT2D eigenvalue weighted by Crippen LogP contribution is -2.40. The highest BCUT2D eigenvalue weighted by Crippen LogP contribution is 2.24. The molecule has 0 aromatic heterocycles. The van der Waals surface area contributed by atoms with Gasteiger partial charge in [0, 0.05) is 22.5 Å². The van der Waals surface area contributed by atoms with Crippen LogP contribution in [0.4, 0.5) is 0 Å². The van der Waals surface area contributed by atoms with Crippen LogP contribution in [-0.4, -0.2) is 35.6 Å². The van der Waals surface area contributed by atoms with Gasteiger partial charge in [-0.3, -0.25) is 4.99 Å². The highest BCUT2D eigenvalue weighted by molar-refractivity contribution is 7.88. The molecular weight excluding hydrogens is 396 g/mol. The van der Waals surface area contributed by atoms with Gasteiger partial charge >= 0.3 is 5.97 Å². The molecule has 0 radical (unpaired) electrons. The van der Waals surface area contributed by atoms with Gasteiger partial charge in [0.2, 0.25) is 0 Å². The molecule has 0 aliphatic rings. The first-order valence-electron chi connectivity index (χ1n) is 9.51. The van der Waals surface area contributed by atoms with E-state index in [1.54, 1.807) is 0 Å². The molecule has 0 saturated carbocycles. The summed E-state index contributed by atoms with van der Waals surface area (Å²) in [6.45, 7) is 0. The fraction of sp³-hybridized carbons (Fsp3) is 0.167. The van der Waals surface area contributed by atoms with Gasteiger partial charge in [-0.05, 0) is 5.56 Å². The molecule has 3 rings (SSSR count). The van der Waals surface area contributed by atoms with Gasteiger partial charge in [-0.2, -0.15) is 0 Å². The number of aliphatic imine (C=N–C) groups is 1. The third-order valence-corrected chi connectivity index (χ3v) is 5.16. The molecular formula is C24H24N2O3S. The highest BCUT2D eigenvalue weighted by atomic mass is 32.2. The largest absolute Gasteiger partial charge is 0.598 e. The highest BCUT2D eigenvalue weighted by Gasteiger charge is 2.33. The quantitative estimate of drug-likeness (QED) is 0.343. The molecule has 30 heavy (non-hydrogen) atoms. The topological polar surface area (TPSA) is 73.8 Å². The van der Waals surface area contributed by atoms with E-state index in [-0.39, 0.29) is 0 Å². The molecule has 0 aliphatic carbocycles. The smallest absolute Gasteiger partial charge is 0.332 e. The van der Waals surface area contributed by atoms with Gasteiger partial charge in [0.25, 0.3) is 0 Å². The molecule has 154 valence electrons. The van der Waals surface area contributed by atoms with E-state index in [1.807, 2.05) is 91.0 Å². The number of hydrogen-bond donors (Lipinski definition) is 1. The summed E-state index contributed by atoms with van der Waals surface area (Å²) < 4.78 is 20.1. The molecule has 0 heterocycles. The second-order valence-electron chi connectivity index (χ2n) is 6.64. The Labute approximate surface area is 180 Å². The first kappa shape index (κ1) is 21.8. The van der Waals surface area contributed by atoms with Gasteiger partial charge in [0.15, 0.2) is 6.04 Å². The lowest BCUT2D eigenvalue weighted by atomic mass is 9.98. The number of benzene rings is 3. The summed E-state index contributed by atoms with van der Waals surface area (Å²) in [5, 5.41) is 0. The summed E-state index contributed by atoms with van der Waals surface area (Å²) in [7, 11) is 1.33. The fourth-order valence-corrected chi connectivity index (χ4v) is 3.81. The van der Waals surface area contributed by atoms with Crippen LogP contribution < -0.4 is 4.72 Å². The zero-order chi connectivity index (χ0) is 21.3. The molecule has 6 heteroatoms. The zero-order valence-electron chi connectivity index (χ0n) is 16.9. The van der Waals surface area contributed by atoms with Crippen LogP contribution in [0, 0.1) is 0 Å². The number of nitrogens with zero attached hydrogens (tertiary/aromatic N) is 1. The van der Waals surface area contributed by atoms with Crippen molar-refractivity contribution in [2.45, 2.75) is 12.1 Å². The maximum absolute atomic E-state index is 12.8. The Morgan fingerprint density at radius 3 is 1.80 bits per heavy atom. The Hall–Kier alpha value is -2.93. The maximum atomic E-state index is 12.8. The number of rotatable bonds is 8. The van der Waals surface area contributed by atoms with Crippen molar-refractivity contribution in [3.8, 4) is 0 Å². The second-order valence-corrected chi connectivity index (χ2v) is 7.78. The number of carbonyl (C=O) groups is 1. The lowest BCUT2D eigenvalue weighted by molar-refractivity contribution is -0.142. The molecule has 3 aromatic carbocycles. The van der Waals surface area contributed by atoms with Crippen molar-refractivity contribution in [3.05, 3.63) is 108 Å². The van der Waals surface area contributed by atoms with Gasteiger partial charge in [0.1, 0.15) is 12.3 Å². The van der Waals surface area contributed by atoms with E-state index in [0.717, 1.165) is 16.7 Å². The van der Waals surface area contributed by atoms with E-state index < -0.39 is 29.4 Å². The van der Waals surface area contributed by atoms with E-state index >= 15 is 0 Å². The van der Waals surface area contributed by atoms with Gasteiger partial charge in [-0.15, -0.1) is 4.72 Å². The predicted octanol–water partition coefficient (Wildman–Crippen LogP) is 3.69. The standard InChI is InChI=1S/C24H24N2O3S/c1-29-24(27)23(22(26-30(2)28)20-16-10-5-11-17-20)25-21(18-12-6-3-7-13-18)19-14-8-4-9-15-19/h3-17,22-23,26H,1-2H3/t22-,23-,30-/m0/s1. The van der Waals surface area contributed by atoms with Crippen LogP contribution in [0.2, 0.25) is 0 Å². The minimum atomic E-state index is -1.37. The normalized spacial score (nSPS) is 13.7. The van der Waals surface area contributed by atoms with Crippen LogP contribution >= 0.6 is 0 Å². The number of nitrogens with one attached hydrogen (secondary N) is 1. The summed E-state index contributed by atoms with van der Waals surface area (Å²) in [6, 6.07) is 27.2. The Bertz CT molecular complexity index is 922. The monoisotopic (exact) mass is 420 g/mol. The van der Waals surface area contributed by atoms with Crippen LogP contribution in [0.25, 0.3) is 0 Å². The molecule has 0 fully saturated rings. The number of methoxy groups -OCH3 is 1. The lowest BCUT2D eigenvalue weighted by Gasteiger charge is -2.24. The van der Waals surface area contributed by atoms with Gasteiger partial charge in [0.05, 0.1) is 12.8 Å². The Balaban J connectivity index is 2.16. The summed E-state index contributed by atoms with van der Waals surface area (Å²) >= 11 is -1.37. The SMILES string of the molecule is COC(=O)[C@@H](N=C(c1ccccc1)c1ccccc1)[C@@H](N[S@+](C)[O-])c1ccccc1. The van der Waals surface area contributed by atoms with Crippen molar-refractivity contribution >= 4 is 23.0 Å². The van der Waals surface area contributed by atoms with Crippen molar-refractivity contribution in [2.24, 2.45) is 4.99 Å². The summed E-state index contributed by atoms with van der Waals surface area (Å²) in [4.78, 5) is 17.7. The van der Waals surface area contributed by atoms with Crippen LogP contribution in [0.1, 0.15) is 22.7 Å². The molecule has 0 saturated heterocycles. The Morgan fingerprint density at radius 1 is 0.900 bits per heavy atom. The zero-order valence-corrected chi connectivity index (χ0v) is 17.7.